The van der Waals surface area contributed by atoms with E-state index in [2.05, 4.69) is 58.3 Å². The van der Waals surface area contributed by atoms with Crippen molar-refractivity contribution in [2.45, 2.75) is 13.8 Å². The van der Waals surface area contributed by atoms with Gasteiger partial charge in [-0.05, 0) is 43.7 Å². The molecule has 4 rings (SSSR count). The third-order valence-electron chi connectivity index (χ3n) is 4.20. The summed E-state index contributed by atoms with van der Waals surface area (Å²) in [5.41, 5.74) is 3.21. The van der Waals surface area contributed by atoms with E-state index in [1.807, 2.05) is 24.3 Å². The average Bonchev–Trinajstić information content (AvgIpc) is 3.11. The number of benzene rings is 2. The Bertz CT molecular complexity index is 929. The highest BCUT2D eigenvalue weighted by atomic mass is 16.7. The Morgan fingerprint density at radius 1 is 1.04 bits per heavy atom. The van der Waals surface area contributed by atoms with Gasteiger partial charge in [0.25, 0.3) is 0 Å². The quantitative estimate of drug-likeness (QED) is 0.737. The number of hydrogen-bond donors (Lipinski definition) is 1. The van der Waals surface area contributed by atoms with E-state index < -0.39 is 0 Å². The minimum atomic E-state index is 0.262. The van der Waals surface area contributed by atoms with Crippen molar-refractivity contribution >= 4 is 23.0 Å². The maximum Gasteiger partial charge on any atom is 0.231 e. The third kappa shape index (κ3) is 3.26. The molecule has 2 heterocycles. The molecule has 6 heteroatoms. The second-order valence-corrected chi connectivity index (χ2v) is 6.04. The maximum absolute atomic E-state index is 5.42. The Labute approximate surface area is 152 Å². The van der Waals surface area contributed by atoms with E-state index in [9.17, 15) is 0 Å². The van der Waals surface area contributed by atoms with E-state index in [4.69, 9.17) is 9.47 Å². The predicted molar refractivity (Wildman–Crippen MR) is 102 cm³/mol. The van der Waals surface area contributed by atoms with Crippen LogP contribution in [0.4, 0.5) is 23.0 Å². The molecule has 0 radical (unpaired) electrons. The molecule has 0 amide bonds. The first-order chi connectivity index (χ1) is 12.7. The molecule has 0 bridgehead atoms. The van der Waals surface area contributed by atoms with Gasteiger partial charge in [-0.1, -0.05) is 12.1 Å². The van der Waals surface area contributed by atoms with Crippen LogP contribution in [0.1, 0.15) is 12.5 Å². The summed E-state index contributed by atoms with van der Waals surface area (Å²) in [6, 6.07) is 16.0. The van der Waals surface area contributed by atoms with Gasteiger partial charge in [-0.15, -0.1) is 0 Å². The van der Waals surface area contributed by atoms with Gasteiger partial charge in [0, 0.05) is 30.1 Å². The summed E-state index contributed by atoms with van der Waals surface area (Å²) in [6.45, 7) is 5.27. The highest BCUT2D eigenvalue weighted by molar-refractivity contribution is 5.66. The first-order valence-corrected chi connectivity index (χ1v) is 8.56. The largest absolute Gasteiger partial charge is 0.454 e. The Balaban J connectivity index is 1.59. The fourth-order valence-corrected chi connectivity index (χ4v) is 2.96. The summed E-state index contributed by atoms with van der Waals surface area (Å²) in [5, 5.41) is 3.30. The van der Waals surface area contributed by atoms with Crippen molar-refractivity contribution in [1.29, 1.82) is 0 Å². The molecule has 3 aromatic rings. The molecule has 1 N–H and O–H groups in total. The maximum atomic E-state index is 5.42. The Morgan fingerprint density at radius 3 is 2.77 bits per heavy atom. The van der Waals surface area contributed by atoms with E-state index in [1.165, 1.54) is 5.56 Å². The molecule has 1 aliphatic heterocycles. The molecule has 0 aliphatic carbocycles. The Hall–Kier alpha value is -3.28. The van der Waals surface area contributed by atoms with Gasteiger partial charge in [0.1, 0.15) is 18.0 Å². The molecule has 0 unspecified atom stereocenters. The topological polar surface area (TPSA) is 59.5 Å². The zero-order valence-corrected chi connectivity index (χ0v) is 14.8. The average molecular weight is 348 g/mol. The number of aryl methyl sites for hydroxylation is 1. The summed E-state index contributed by atoms with van der Waals surface area (Å²) in [5.74, 6) is 3.06. The van der Waals surface area contributed by atoms with E-state index in [0.717, 1.165) is 41.1 Å². The Morgan fingerprint density at radius 2 is 1.92 bits per heavy atom. The smallest absolute Gasteiger partial charge is 0.231 e. The number of hydrogen-bond acceptors (Lipinski definition) is 6. The molecule has 0 spiro atoms. The van der Waals surface area contributed by atoms with E-state index in [0.29, 0.717) is 0 Å². The zero-order valence-electron chi connectivity index (χ0n) is 14.8. The first-order valence-electron chi connectivity index (χ1n) is 8.56. The minimum absolute atomic E-state index is 0.262. The summed E-state index contributed by atoms with van der Waals surface area (Å²) in [6.07, 6.45) is 1.57. The van der Waals surface area contributed by atoms with Gasteiger partial charge in [-0.25, -0.2) is 9.97 Å². The van der Waals surface area contributed by atoms with Crippen LogP contribution >= 0.6 is 0 Å². The molecular weight excluding hydrogens is 328 g/mol. The number of aromatic nitrogens is 2. The second kappa shape index (κ2) is 6.92. The van der Waals surface area contributed by atoms with Gasteiger partial charge >= 0.3 is 0 Å². The lowest BCUT2D eigenvalue weighted by Gasteiger charge is -2.22. The van der Waals surface area contributed by atoms with Gasteiger partial charge in [0.15, 0.2) is 11.5 Å². The molecular formula is C20H20N4O2. The zero-order chi connectivity index (χ0) is 17.9. The molecule has 132 valence electrons. The van der Waals surface area contributed by atoms with E-state index in [1.54, 1.807) is 6.33 Å². The predicted octanol–water partition coefficient (Wildman–Crippen LogP) is 4.42. The van der Waals surface area contributed by atoms with Gasteiger partial charge in [0.2, 0.25) is 6.79 Å². The van der Waals surface area contributed by atoms with Crippen LogP contribution in [-0.4, -0.2) is 23.3 Å². The lowest BCUT2D eigenvalue weighted by atomic mass is 10.2. The monoisotopic (exact) mass is 348 g/mol. The van der Waals surface area contributed by atoms with Crippen LogP contribution < -0.4 is 19.7 Å². The van der Waals surface area contributed by atoms with Crippen LogP contribution in [0.25, 0.3) is 0 Å². The van der Waals surface area contributed by atoms with Crippen molar-refractivity contribution in [1.82, 2.24) is 9.97 Å². The number of anilines is 4. The number of ether oxygens (including phenoxy) is 2. The minimum Gasteiger partial charge on any atom is -0.454 e. The van der Waals surface area contributed by atoms with E-state index in [-0.39, 0.29) is 6.79 Å². The summed E-state index contributed by atoms with van der Waals surface area (Å²) in [7, 11) is 0. The second-order valence-electron chi connectivity index (χ2n) is 6.04. The molecule has 6 nitrogen and oxygen atoms in total. The van der Waals surface area contributed by atoms with Crippen molar-refractivity contribution in [3.8, 4) is 11.5 Å². The molecule has 1 aromatic heterocycles. The molecule has 26 heavy (non-hydrogen) atoms. The molecule has 1 aliphatic rings. The van der Waals surface area contributed by atoms with Crippen molar-refractivity contribution in [2.24, 2.45) is 0 Å². The number of rotatable bonds is 5. The van der Waals surface area contributed by atoms with Crippen LogP contribution in [0.5, 0.6) is 11.5 Å². The van der Waals surface area contributed by atoms with Gasteiger partial charge < -0.3 is 19.7 Å². The van der Waals surface area contributed by atoms with Gasteiger partial charge in [-0.2, -0.15) is 0 Å². The van der Waals surface area contributed by atoms with Crippen LogP contribution in [0.15, 0.2) is 54.9 Å². The first kappa shape index (κ1) is 16.2. The lowest BCUT2D eigenvalue weighted by Crippen LogP contribution is -2.17. The number of nitrogens with zero attached hydrogens (tertiary/aromatic N) is 3. The summed E-state index contributed by atoms with van der Waals surface area (Å²) < 4.78 is 10.8. The highest BCUT2D eigenvalue weighted by Crippen LogP contribution is 2.35. The van der Waals surface area contributed by atoms with Crippen molar-refractivity contribution in [3.05, 3.63) is 60.4 Å². The van der Waals surface area contributed by atoms with Crippen LogP contribution in [0, 0.1) is 6.92 Å². The molecule has 0 fully saturated rings. The van der Waals surface area contributed by atoms with Crippen LogP contribution in [-0.2, 0) is 0 Å². The fourth-order valence-electron chi connectivity index (χ4n) is 2.96. The van der Waals surface area contributed by atoms with Crippen LogP contribution in [0.3, 0.4) is 0 Å². The van der Waals surface area contributed by atoms with Gasteiger partial charge in [-0.3, -0.25) is 0 Å². The normalized spacial score (nSPS) is 12.1. The van der Waals surface area contributed by atoms with Gasteiger partial charge in [0.05, 0.1) is 0 Å². The number of fused-ring (bicyclic) bond motifs is 1. The highest BCUT2D eigenvalue weighted by Gasteiger charge is 2.14. The third-order valence-corrected chi connectivity index (χ3v) is 4.20. The standard InChI is InChI=1S/C20H20N4O2/c1-3-24(16-6-4-5-14(2)9-16)20-11-19(21-12-22-20)23-15-7-8-17-18(10-15)26-13-25-17/h4-12H,3,13H2,1-2H3,(H,21,22,23). The summed E-state index contributed by atoms with van der Waals surface area (Å²) >= 11 is 0. The summed E-state index contributed by atoms with van der Waals surface area (Å²) in [4.78, 5) is 10.9. The van der Waals surface area contributed by atoms with Crippen molar-refractivity contribution in [2.75, 3.05) is 23.6 Å². The number of nitrogens with one attached hydrogen (secondary N) is 1. The molecule has 0 saturated carbocycles. The van der Waals surface area contributed by atoms with Crippen molar-refractivity contribution in [3.63, 3.8) is 0 Å². The fraction of sp³-hybridized carbons (Fsp3) is 0.200. The van der Waals surface area contributed by atoms with Crippen LogP contribution in [0.2, 0.25) is 0 Å². The van der Waals surface area contributed by atoms with E-state index >= 15 is 0 Å². The molecule has 0 atom stereocenters. The van der Waals surface area contributed by atoms with Crippen molar-refractivity contribution < 1.29 is 9.47 Å². The Kier molecular flexibility index (Phi) is 4.31. The molecule has 0 saturated heterocycles. The SMILES string of the molecule is CCN(c1cccc(C)c1)c1cc(Nc2ccc3c(c2)OCO3)ncn1. The lowest BCUT2D eigenvalue weighted by molar-refractivity contribution is 0.174. The molecule has 2 aromatic carbocycles.